The number of amides is 1. The van der Waals surface area contributed by atoms with Crippen LogP contribution in [0.2, 0.25) is 0 Å². The highest BCUT2D eigenvalue weighted by Crippen LogP contribution is 2.22. The number of nitrogen functional groups attached to an aromatic ring is 1. The number of hydrogen-bond donors (Lipinski definition) is 2. The molecule has 0 saturated carbocycles. The second-order valence-corrected chi connectivity index (χ2v) is 5.42. The summed E-state index contributed by atoms with van der Waals surface area (Å²) < 4.78 is 0. The molecule has 1 amide bonds. The number of nitrogens with zero attached hydrogens (tertiary/aromatic N) is 2. The second-order valence-electron chi connectivity index (χ2n) is 5.42. The molecule has 1 unspecified atom stereocenters. The molecule has 0 aliphatic heterocycles. The Balaban J connectivity index is 2.42. The first-order chi connectivity index (χ1) is 10.1. The van der Waals surface area contributed by atoms with Crippen molar-refractivity contribution in [2.75, 3.05) is 19.0 Å². The molecular formula is C16H22N4O. The molecule has 0 bridgehead atoms. The Morgan fingerprint density at radius 3 is 2.81 bits per heavy atom. The molecule has 0 spiro atoms. The summed E-state index contributed by atoms with van der Waals surface area (Å²) in [5.41, 5.74) is 3.91. The zero-order valence-corrected chi connectivity index (χ0v) is 12.8. The fourth-order valence-electron chi connectivity index (χ4n) is 2.31. The largest absolute Gasteiger partial charge is 0.341 e. The molecule has 0 aliphatic rings. The Morgan fingerprint density at radius 2 is 2.14 bits per heavy atom. The van der Waals surface area contributed by atoms with Crippen LogP contribution in [-0.2, 0) is 0 Å². The van der Waals surface area contributed by atoms with E-state index in [4.69, 9.17) is 5.84 Å². The minimum atomic E-state index is -0.00889. The number of aromatic nitrogens is 1. The lowest BCUT2D eigenvalue weighted by Gasteiger charge is -2.21. The summed E-state index contributed by atoms with van der Waals surface area (Å²) in [7, 11) is 1.83. The van der Waals surface area contributed by atoms with Gasteiger partial charge in [0.15, 0.2) is 0 Å². The Kier molecular flexibility index (Phi) is 4.75. The van der Waals surface area contributed by atoms with Crippen LogP contribution in [0, 0.1) is 5.92 Å². The number of nitrogens with one attached hydrogen (secondary N) is 1. The van der Waals surface area contributed by atoms with Crippen LogP contribution in [0.25, 0.3) is 10.9 Å². The highest BCUT2D eigenvalue weighted by atomic mass is 16.2. The lowest BCUT2D eigenvalue weighted by Crippen LogP contribution is -2.31. The maximum Gasteiger partial charge on any atom is 0.254 e. The highest BCUT2D eigenvalue weighted by molar-refractivity contribution is 6.06. The first-order valence-corrected chi connectivity index (χ1v) is 7.18. The van der Waals surface area contributed by atoms with Crippen LogP contribution in [0.4, 0.5) is 5.82 Å². The molecule has 0 fully saturated rings. The van der Waals surface area contributed by atoms with E-state index in [1.807, 2.05) is 31.3 Å². The molecule has 5 nitrogen and oxygen atoms in total. The van der Waals surface area contributed by atoms with Crippen molar-refractivity contribution in [2.24, 2.45) is 11.8 Å². The van der Waals surface area contributed by atoms with Crippen molar-refractivity contribution in [3.8, 4) is 0 Å². The molecule has 112 valence electrons. The van der Waals surface area contributed by atoms with Crippen LogP contribution < -0.4 is 11.3 Å². The average Bonchev–Trinajstić information content (AvgIpc) is 2.52. The molecule has 0 aliphatic carbocycles. The van der Waals surface area contributed by atoms with Crippen molar-refractivity contribution in [1.82, 2.24) is 9.88 Å². The summed E-state index contributed by atoms with van der Waals surface area (Å²) in [5, 5.41) is 0.845. The van der Waals surface area contributed by atoms with Gasteiger partial charge in [0.05, 0.1) is 11.1 Å². The zero-order valence-electron chi connectivity index (χ0n) is 12.8. The highest BCUT2D eigenvalue weighted by Gasteiger charge is 2.17. The summed E-state index contributed by atoms with van der Waals surface area (Å²) >= 11 is 0. The number of hydrogen-bond acceptors (Lipinski definition) is 4. The van der Waals surface area contributed by atoms with Gasteiger partial charge < -0.3 is 10.3 Å². The molecule has 1 aromatic carbocycles. The molecule has 1 atom stereocenters. The monoisotopic (exact) mass is 286 g/mol. The van der Waals surface area contributed by atoms with Gasteiger partial charge in [-0.3, -0.25) is 4.79 Å². The van der Waals surface area contributed by atoms with E-state index in [9.17, 15) is 4.79 Å². The molecule has 21 heavy (non-hydrogen) atoms. The molecule has 5 heteroatoms. The SMILES string of the molecule is CCC(C)CN(C)C(=O)c1cc(NN)nc2ccccc12. The number of hydrazine groups is 1. The van der Waals surface area contributed by atoms with Crippen molar-refractivity contribution in [3.05, 3.63) is 35.9 Å². The third-order valence-electron chi connectivity index (χ3n) is 3.72. The van der Waals surface area contributed by atoms with Crippen molar-refractivity contribution in [3.63, 3.8) is 0 Å². The number of benzene rings is 1. The van der Waals surface area contributed by atoms with Gasteiger partial charge in [0.2, 0.25) is 0 Å². The predicted octanol–water partition coefficient (Wildman–Crippen LogP) is 2.64. The second kappa shape index (κ2) is 6.54. The third kappa shape index (κ3) is 3.31. The Bertz CT molecular complexity index is 641. The number of anilines is 1. The van der Waals surface area contributed by atoms with Gasteiger partial charge in [0.25, 0.3) is 5.91 Å². The Hall–Kier alpha value is -2.14. The number of pyridine rings is 1. The van der Waals surface area contributed by atoms with E-state index in [2.05, 4.69) is 24.3 Å². The van der Waals surface area contributed by atoms with E-state index >= 15 is 0 Å². The van der Waals surface area contributed by atoms with Crippen LogP contribution in [0.3, 0.4) is 0 Å². The predicted molar refractivity (Wildman–Crippen MR) is 86.0 cm³/mol. The minimum absolute atomic E-state index is 0.00889. The number of fused-ring (bicyclic) bond motifs is 1. The third-order valence-corrected chi connectivity index (χ3v) is 3.72. The van der Waals surface area contributed by atoms with Crippen molar-refractivity contribution >= 4 is 22.6 Å². The zero-order chi connectivity index (χ0) is 15.4. The number of rotatable bonds is 5. The first kappa shape index (κ1) is 15.3. The van der Waals surface area contributed by atoms with Crippen LogP contribution in [-0.4, -0.2) is 29.4 Å². The van der Waals surface area contributed by atoms with Gasteiger partial charge in [-0.1, -0.05) is 38.5 Å². The molecule has 2 aromatic rings. The molecule has 1 heterocycles. The first-order valence-electron chi connectivity index (χ1n) is 7.18. The molecular weight excluding hydrogens is 264 g/mol. The average molecular weight is 286 g/mol. The maximum atomic E-state index is 12.7. The van der Waals surface area contributed by atoms with Crippen molar-refractivity contribution in [1.29, 1.82) is 0 Å². The fraction of sp³-hybridized carbons (Fsp3) is 0.375. The van der Waals surface area contributed by atoms with Crippen molar-refractivity contribution < 1.29 is 4.79 Å². The molecule has 1 aromatic heterocycles. The van der Waals surface area contributed by atoms with E-state index in [-0.39, 0.29) is 5.91 Å². The van der Waals surface area contributed by atoms with Crippen LogP contribution in [0.5, 0.6) is 0 Å². The number of para-hydroxylation sites is 1. The molecule has 0 saturated heterocycles. The summed E-state index contributed by atoms with van der Waals surface area (Å²) in [6.45, 7) is 5.00. The topological polar surface area (TPSA) is 71.2 Å². The molecule has 0 radical (unpaired) electrons. The van der Waals surface area contributed by atoms with E-state index in [0.29, 0.717) is 17.3 Å². The van der Waals surface area contributed by atoms with Gasteiger partial charge in [-0.25, -0.2) is 10.8 Å². The Labute approximate surface area is 125 Å². The lowest BCUT2D eigenvalue weighted by atomic mass is 10.1. The van der Waals surface area contributed by atoms with E-state index in [1.165, 1.54) is 0 Å². The standard InChI is InChI=1S/C16H22N4O/c1-4-11(2)10-20(3)16(21)13-9-15(19-17)18-14-8-6-5-7-12(13)14/h5-9,11H,4,10,17H2,1-3H3,(H,18,19). The van der Waals surface area contributed by atoms with Gasteiger partial charge in [-0.15, -0.1) is 0 Å². The lowest BCUT2D eigenvalue weighted by molar-refractivity contribution is 0.0777. The quantitative estimate of drug-likeness (QED) is 0.655. The van der Waals surface area contributed by atoms with Crippen LogP contribution >= 0.6 is 0 Å². The summed E-state index contributed by atoms with van der Waals surface area (Å²) in [4.78, 5) is 18.8. The number of carbonyl (C=O) groups excluding carboxylic acids is 1. The molecule has 2 rings (SSSR count). The van der Waals surface area contributed by atoms with E-state index < -0.39 is 0 Å². The van der Waals surface area contributed by atoms with Gasteiger partial charge in [0.1, 0.15) is 5.82 Å². The van der Waals surface area contributed by atoms with Gasteiger partial charge in [0, 0.05) is 19.0 Å². The number of nitrogens with two attached hydrogens (primary N) is 1. The van der Waals surface area contributed by atoms with E-state index in [0.717, 1.165) is 23.9 Å². The summed E-state index contributed by atoms with van der Waals surface area (Å²) in [6, 6.07) is 9.30. The summed E-state index contributed by atoms with van der Waals surface area (Å²) in [5.74, 6) is 6.41. The van der Waals surface area contributed by atoms with Gasteiger partial charge in [-0.2, -0.15) is 0 Å². The normalized spacial score (nSPS) is 12.2. The van der Waals surface area contributed by atoms with E-state index in [1.54, 1.807) is 11.0 Å². The summed E-state index contributed by atoms with van der Waals surface area (Å²) in [6.07, 6.45) is 1.05. The van der Waals surface area contributed by atoms with Gasteiger partial charge >= 0.3 is 0 Å². The Morgan fingerprint density at radius 1 is 1.43 bits per heavy atom. The van der Waals surface area contributed by atoms with Crippen LogP contribution in [0.1, 0.15) is 30.6 Å². The van der Waals surface area contributed by atoms with Crippen molar-refractivity contribution in [2.45, 2.75) is 20.3 Å². The fourth-order valence-corrected chi connectivity index (χ4v) is 2.31. The minimum Gasteiger partial charge on any atom is -0.341 e. The van der Waals surface area contributed by atoms with Gasteiger partial charge in [-0.05, 0) is 18.1 Å². The van der Waals surface area contributed by atoms with Crippen LogP contribution in [0.15, 0.2) is 30.3 Å². The number of carbonyl (C=O) groups is 1. The molecule has 3 N–H and O–H groups in total. The maximum absolute atomic E-state index is 12.7. The smallest absolute Gasteiger partial charge is 0.254 e.